The Morgan fingerprint density at radius 2 is 2.00 bits per heavy atom. The van der Waals surface area contributed by atoms with Crippen molar-refractivity contribution in [2.75, 3.05) is 42.1 Å². The molecule has 0 unspecified atom stereocenters. The average Bonchev–Trinajstić information content (AvgIpc) is 3.44. The van der Waals surface area contributed by atoms with Crippen molar-refractivity contribution in [2.45, 2.75) is 41.8 Å². The van der Waals surface area contributed by atoms with Crippen molar-refractivity contribution in [2.24, 2.45) is 0 Å². The van der Waals surface area contributed by atoms with Gasteiger partial charge in [-0.15, -0.1) is 10.2 Å². The Balaban J connectivity index is 1.47. The summed E-state index contributed by atoms with van der Waals surface area (Å²) in [6.07, 6.45) is 3.42. The van der Waals surface area contributed by atoms with Gasteiger partial charge in [-0.1, -0.05) is 23.1 Å². The molecular formula is C19H25N5O3S3. The molecule has 2 aliphatic rings. The lowest BCUT2D eigenvalue weighted by molar-refractivity contribution is -0.116. The summed E-state index contributed by atoms with van der Waals surface area (Å²) in [5.41, 5.74) is 1.74. The summed E-state index contributed by atoms with van der Waals surface area (Å²) in [7, 11) is -3.45. The van der Waals surface area contributed by atoms with E-state index in [1.54, 1.807) is 27.4 Å². The minimum absolute atomic E-state index is 0.00343. The topological polar surface area (TPSA) is 95.5 Å². The van der Waals surface area contributed by atoms with E-state index in [-0.39, 0.29) is 11.7 Å². The van der Waals surface area contributed by atoms with E-state index in [4.69, 9.17) is 0 Å². The molecule has 2 aliphatic heterocycles. The Hall–Kier alpha value is -1.69. The van der Waals surface area contributed by atoms with E-state index in [0.29, 0.717) is 24.5 Å². The predicted molar refractivity (Wildman–Crippen MR) is 120 cm³/mol. The Kier molecular flexibility index (Phi) is 6.61. The lowest BCUT2D eigenvalue weighted by Gasteiger charge is -2.30. The van der Waals surface area contributed by atoms with Crippen LogP contribution in [-0.4, -0.2) is 60.8 Å². The number of thioether (sulfide) groups is 1. The molecule has 3 heterocycles. The second kappa shape index (κ2) is 9.21. The summed E-state index contributed by atoms with van der Waals surface area (Å²) in [6.45, 7) is 4.58. The summed E-state index contributed by atoms with van der Waals surface area (Å²) < 4.78 is 28.0. The zero-order chi connectivity index (χ0) is 21.1. The molecule has 162 valence electrons. The van der Waals surface area contributed by atoms with E-state index < -0.39 is 10.0 Å². The van der Waals surface area contributed by atoms with Gasteiger partial charge in [-0.3, -0.25) is 4.79 Å². The van der Waals surface area contributed by atoms with Gasteiger partial charge in [-0.05, 0) is 56.4 Å². The van der Waals surface area contributed by atoms with Gasteiger partial charge in [0, 0.05) is 31.9 Å². The van der Waals surface area contributed by atoms with E-state index in [1.165, 1.54) is 23.1 Å². The largest absolute Gasteiger partial charge is 0.360 e. The standard InChI is InChI=1S/C19H25N5O3S3/c1-2-20-18-21-22-19(29-18)28-13-17(25)24-11-5-6-14-12-15(7-8-16(14)24)30(26,27)23-9-3-4-10-23/h7-8,12H,2-6,9-11,13H2,1H3,(H,20,21). The van der Waals surface area contributed by atoms with Crippen LogP contribution in [-0.2, 0) is 21.2 Å². The number of nitrogens with one attached hydrogen (secondary N) is 1. The van der Waals surface area contributed by atoms with Gasteiger partial charge in [0.15, 0.2) is 4.34 Å². The summed E-state index contributed by atoms with van der Waals surface area (Å²) in [6, 6.07) is 5.18. The number of amides is 1. The number of benzene rings is 1. The van der Waals surface area contributed by atoms with E-state index in [9.17, 15) is 13.2 Å². The molecule has 1 aromatic carbocycles. The quantitative estimate of drug-likeness (QED) is 0.626. The number of nitrogens with zero attached hydrogens (tertiary/aromatic N) is 4. The molecule has 1 saturated heterocycles. The molecule has 0 radical (unpaired) electrons. The van der Waals surface area contributed by atoms with E-state index in [0.717, 1.165) is 53.0 Å². The van der Waals surface area contributed by atoms with Gasteiger partial charge >= 0.3 is 0 Å². The van der Waals surface area contributed by atoms with Crippen LogP contribution >= 0.6 is 23.1 Å². The van der Waals surface area contributed by atoms with E-state index in [2.05, 4.69) is 15.5 Å². The Bertz CT molecular complexity index is 1020. The van der Waals surface area contributed by atoms with Crippen molar-refractivity contribution >= 4 is 49.8 Å². The van der Waals surface area contributed by atoms with Gasteiger partial charge in [0.25, 0.3) is 0 Å². The van der Waals surface area contributed by atoms with Gasteiger partial charge in [0.2, 0.25) is 21.1 Å². The molecule has 1 N–H and O–H groups in total. The van der Waals surface area contributed by atoms with Crippen molar-refractivity contribution in [3.63, 3.8) is 0 Å². The van der Waals surface area contributed by atoms with E-state index in [1.807, 2.05) is 6.92 Å². The molecule has 0 atom stereocenters. The maximum Gasteiger partial charge on any atom is 0.243 e. The average molecular weight is 468 g/mol. The normalized spacial score (nSPS) is 17.2. The SMILES string of the molecule is CCNc1nnc(SCC(=O)N2CCCc3cc(S(=O)(=O)N4CCCC4)ccc32)s1. The predicted octanol–water partition coefficient (Wildman–Crippen LogP) is 2.83. The monoisotopic (exact) mass is 467 g/mol. The van der Waals surface area contributed by atoms with Crippen LogP contribution in [0.4, 0.5) is 10.8 Å². The summed E-state index contributed by atoms with van der Waals surface area (Å²) in [4.78, 5) is 15.0. The number of aryl methyl sites for hydroxylation is 1. The minimum atomic E-state index is -3.45. The smallest absolute Gasteiger partial charge is 0.243 e. The number of hydrogen-bond donors (Lipinski definition) is 1. The molecule has 8 nitrogen and oxygen atoms in total. The van der Waals surface area contributed by atoms with Crippen molar-refractivity contribution < 1.29 is 13.2 Å². The van der Waals surface area contributed by atoms with Crippen LogP contribution in [0.1, 0.15) is 31.7 Å². The second-order valence-electron chi connectivity index (χ2n) is 7.24. The highest BCUT2D eigenvalue weighted by Crippen LogP contribution is 2.32. The number of hydrogen-bond acceptors (Lipinski definition) is 8. The maximum absolute atomic E-state index is 12.9. The maximum atomic E-state index is 12.9. The molecule has 2 aromatic rings. The Morgan fingerprint density at radius 3 is 2.77 bits per heavy atom. The molecule has 11 heteroatoms. The molecule has 0 bridgehead atoms. The fourth-order valence-electron chi connectivity index (χ4n) is 3.76. The molecule has 4 rings (SSSR count). The molecule has 0 saturated carbocycles. The van der Waals surface area contributed by atoms with Crippen molar-refractivity contribution in [3.05, 3.63) is 23.8 Å². The van der Waals surface area contributed by atoms with Crippen LogP contribution in [0.25, 0.3) is 0 Å². The van der Waals surface area contributed by atoms with Crippen LogP contribution in [0.5, 0.6) is 0 Å². The lowest BCUT2D eigenvalue weighted by Crippen LogP contribution is -2.37. The lowest BCUT2D eigenvalue weighted by atomic mass is 10.0. The summed E-state index contributed by atoms with van der Waals surface area (Å²) >= 11 is 2.81. The number of carbonyl (C=O) groups excluding carboxylic acids is 1. The van der Waals surface area contributed by atoms with Crippen LogP contribution in [0, 0.1) is 0 Å². The number of aromatic nitrogens is 2. The first kappa shape index (κ1) is 21.5. The number of carbonyl (C=O) groups is 1. The van der Waals surface area contributed by atoms with Crippen molar-refractivity contribution in [1.29, 1.82) is 0 Å². The highest BCUT2D eigenvalue weighted by atomic mass is 32.2. The number of rotatable bonds is 7. The third-order valence-electron chi connectivity index (χ3n) is 5.23. The van der Waals surface area contributed by atoms with Crippen molar-refractivity contribution in [3.8, 4) is 0 Å². The van der Waals surface area contributed by atoms with Crippen LogP contribution in [0.3, 0.4) is 0 Å². The first-order valence-corrected chi connectivity index (χ1v) is 13.4. The zero-order valence-corrected chi connectivity index (χ0v) is 19.3. The van der Waals surface area contributed by atoms with Gasteiger partial charge < -0.3 is 10.2 Å². The first-order valence-electron chi connectivity index (χ1n) is 10.1. The number of fused-ring (bicyclic) bond motifs is 1. The fraction of sp³-hybridized carbons (Fsp3) is 0.526. The molecule has 0 aliphatic carbocycles. The minimum Gasteiger partial charge on any atom is -0.360 e. The Morgan fingerprint density at radius 1 is 1.20 bits per heavy atom. The van der Waals surface area contributed by atoms with E-state index >= 15 is 0 Å². The van der Waals surface area contributed by atoms with Crippen LogP contribution < -0.4 is 10.2 Å². The van der Waals surface area contributed by atoms with Gasteiger partial charge in [-0.2, -0.15) is 4.31 Å². The summed E-state index contributed by atoms with van der Waals surface area (Å²) in [5, 5.41) is 12.0. The molecule has 30 heavy (non-hydrogen) atoms. The second-order valence-corrected chi connectivity index (χ2v) is 11.4. The Labute approximate surface area is 185 Å². The molecule has 0 spiro atoms. The summed E-state index contributed by atoms with van der Waals surface area (Å²) in [5.74, 6) is 0.268. The van der Waals surface area contributed by atoms with Crippen LogP contribution in [0.2, 0.25) is 0 Å². The third kappa shape index (κ3) is 4.48. The zero-order valence-electron chi connectivity index (χ0n) is 16.8. The highest BCUT2D eigenvalue weighted by molar-refractivity contribution is 8.01. The van der Waals surface area contributed by atoms with Crippen LogP contribution in [0.15, 0.2) is 27.4 Å². The van der Waals surface area contributed by atoms with Gasteiger partial charge in [0.05, 0.1) is 10.6 Å². The van der Waals surface area contributed by atoms with Gasteiger partial charge in [-0.25, -0.2) is 8.42 Å². The molecule has 1 aromatic heterocycles. The van der Waals surface area contributed by atoms with Gasteiger partial charge in [0.1, 0.15) is 0 Å². The molecule has 1 amide bonds. The molecular weight excluding hydrogens is 442 g/mol. The fourth-order valence-corrected chi connectivity index (χ4v) is 7.03. The highest BCUT2D eigenvalue weighted by Gasteiger charge is 2.29. The number of anilines is 2. The van der Waals surface area contributed by atoms with Crippen molar-refractivity contribution in [1.82, 2.24) is 14.5 Å². The first-order chi connectivity index (χ1) is 14.5. The third-order valence-corrected chi connectivity index (χ3v) is 9.12. The number of sulfonamides is 1. The molecule has 1 fully saturated rings.